The number of nitrogens with zero attached hydrogens (tertiary/aromatic N) is 1. The topological polar surface area (TPSA) is 115 Å². The van der Waals surface area contributed by atoms with Crippen LogP contribution in [-0.2, 0) is 16.0 Å². The Morgan fingerprint density at radius 3 is 2.71 bits per heavy atom. The number of carbonyl (C=O) groups excluding carboxylic acids is 2. The average Bonchev–Trinajstić information content (AvgIpc) is 2.94. The van der Waals surface area contributed by atoms with Gasteiger partial charge in [0, 0.05) is 17.5 Å². The lowest BCUT2D eigenvalue weighted by Gasteiger charge is -2.10. The Bertz CT molecular complexity index is 1110. The molecule has 0 spiro atoms. The van der Waals surface area contributed by atoms with Gasteiger partial charge in [-0.2, -0.15) is 5.10 Å². The van der Waals surface area contributed by atoms with Gasteiger partial charge in [-0.05, 0) is 49.7 Å². The van der Waals surface area contributed by atoms with Crippen molar-refractivity contribution in [3.8, 4) is 11.5 Å². The fourth-order valence-corrected chi connectivity index (χ4v) is 3.23. The van der Waals surface area contributed by atoms with Crippen LogP contribution < -0.4 is 20.1 Å². The van der Waals surface area contributed by atoms with E-state index in [1.165, 1.54) is 0 Å². The molecule has 0 saturated heterocycles. The molecule has 2 heterocycles. The maximum absolute atomic E-state index is 12.6. The fourth-order valence-electron chi connectivity index (χ4n) is 3.23. The van der Waals surface area contributed by atoms with E-state index in [0.717, 1.165) is 17.4 Å². The highest BCUT2D eigenvalue weighted by atomic mass is 16.6. The predicted molar refractivity (Wildman–Crippen MR) is 116 cm³/mol. The molecule has 31 heavy (non-hydrogen) atoms. The number of amides is 2. The van der Waals surface area contributed by atoms with Gasteiger partial charge in [0.1, 0.15) is 0 Å². The number of ether oxygens (including phenoxy) is 3. The summed E-state index contributed by atoms with van der Waals surface area (Å²) in [7, 11) is 0. The van der Waals surface area contributed by atoms with Crippen molar-refractivity contribution in [2.24, 2.45) is 0 Å². The molecule has 9 nitrogen and oxygen atoms in total. The first-order valence-electron chi connectivity index (χ1n) is 10.1. The van der Waals surface area contributed by atoms with Gasteiger partial charge in [-0.3, -0.25) is 15.2 Å². The summed E-state index contributed by atoms with van der Waals surface area (Å²) in [6.07, 6.45) is 0.257. The van der Waals surface area contributed by atoms with E-state index in [4.69, 9.17) is 14.2 Å². The van der Waals surface area contributed by atoms with E-state index in [1.807, 2.05) is 18.2 Å². The highest BCUT2D eigenvalue weighted by molar-refractivity contribution is 6.01. The van der Waals surface area contributed by atoms with Crippen molar-refractivity contribution in [2.45, 2.75) is 32.8 Å². The van der Waals surface area contributed by atoms with Gasteiger partial charge < -0.3 is 19.5 Å². The first kappa shape index (κ1) is 20.5. The van der Waals surface area contributed by atoms with Crippen LogP contribution in [0.3, 0.4) is 0 Å². The number of fused-ring (bicyclic) bond motifs is 2. The van der Waals surface area contributed by atoms with Crippen molar-refractivity contribution in [3.05, 3.63) is 42.0 Å². The molecule has 0 fully saturated rings. The van der Waals surface area contributed by atoms with E-state index in [0.29, 0.717) is 41.7 Å². The minimum Gasteiger partial charge on any atom is -0.490 e. The molecule has 3 N–H and O–H groups in total. The molecular formula is C22H24N4O5. The zero-order chi connectivity index (χ0) is 21.8. The van der Waals surface area contributed by atoms with Crippen LogP contribution in [0.1, 0.15) is 25.8 Å². The standard InChI is InChI=1S/C22H24N4O5/c1-13(2)31-22(28)23-15-5-6-16-17(12-15)25-26-21(16)24-20(27)11-14-4-7-18-19(10-14)30-9-3-8-29-18/h4-7,10,12-13H,3,8-9,11H2,1-2H3,(H,23,28)(H2,24,25,26,27). The number of nitrogens with one attached hydrogen (secondary N) is 3. The van der Waals surface area contributed by atoms with Crippen LogP contribution in [0.5, 0.6) is 11.5 Å². The number of benzene rings is 2. The Hall–Kier alpha value is -3.75. The number of rotatable bonds is 5. The third-order valence-electron chi connectivity index (χ3n) is 4.59. The second-order valence-electron chi connectivity index (χ2n) is 7.47. The number of aromatic nitrogens is 2. The van der Waals surface area contributed by atoms with E-state index in [1.54, 1.807) is 32.0 Å². The molecule has 1 aliphatic heterocycles. The number of carbonyl (C=O) groups is 2. The first-order chi connectivity index (χ1) is 15.0. The predicted octanol–water partition coefficient (Wildman–Crippen LogP) is 3.86. The molecule has 0 unspecified atom stereocenters. The second-order valence-corrected chi connectivity index (χ2v) is 7.47. The highest BCUT2D eigenvalue weighted by Gasteiger charge is 2.15. The molecule has 0 atom stereocenters. The van der Waals surface area contributed by atoms with Crippen LogP contribution in [0.4, 0.5) is 16.3 Å². The van der Waals surface area contributed by atoms with Crippen molar-refractivity contribution in [3.63, 3.8) is 0 Å². The van der Waals surface area contributed by atoms with Gasteiger partial charge in [0.25, 0.3) is 0 Å². The van der Waals surface area contributed by atoms with Gasteiger partial charge in [0.15, 0.2) is 17.3 Å². The lowest BCUT2D eigenvalue weighted by atomic mass is 10.1. The summed E-state index contributed by atoms with van der Waals surface area (Å²) in [5.41, 5.74) is 2.05. The molecule has 1 aromatic heterocycles. The molecule has 162 valence electrons. The Kier molecular flexibility index (Phi) is 5.92. The molecule has 2 amide bonds. The molecule has 3 aromatic rings. The van der Waals surface area contributed by atoms with Crippen molar-refractivity contribution >= 4 is 34.4 Å². The molecule has 2 aromatic carbocycles. The molecular weight excluding hydrogens is 400 g/mol. The summed E-state index contributed by atoms with van der Waals surface area (Å²) in [5, 5.41) is 13.3. The second kappa shape index (κ2) is 8.95. The Balaban J connectivity index is 1.42. The van der Waals surface area contributed by atoms with Crippen LogP contribution in [-0.4, -0.2) is 41.5 Å². The van der Waals surface area contributed by atoms with E-state index in [2.05, 4.69) is 20.8 Å². The summed E-state index contributed by atoms with van der Waals surface area (Å²) in [6.45, 7) is 4.77. The van der Waals surface area contributed by atoms with Gasteiger partial charge in [-0.1, -0.05) is 6.07 Å². The number of H-pyrrole nitrogens is 1. The van der Waals surface area contributed by atoms with Gasteiger partial charge in [-0.15, -0.1) is 0 Å². The van der Waals surface area contributed by atoms with Crippen molar-refractivity contribution in [1.29, 1.82) is 0 Å². The molecule has 9 heteroatoms. The summed E-state index contributed by atoms with van der Waals surface area (Å²) in [6, 6.07) is 10.7. The minimum absolute atomic E-state index is 0.172. The van der Waals surface area contributed by atoms with E-state index in [9.17, 15) is 9.59 Å². The van der Waals surface area contributed by atoms with E-state index >= 15 is 0 Å². The van der Waals surface area contributed by atoms with Crippen LogP contribution in [0.25, 0.3) is 10.9 Å². The Morgan fingerprint density at radius 2 is 1.90 bits per heavy atom. The van der Waals surface area contributed by atoms with Gasteiger partial charge in [-0.25, -0.2) is 4.79 Å². The Labute approximate surface area is 179 Å². The SMILES string of the molecule is CC(C)OC(=O)Nc1ccc2c(NC(=O)Cc3ccc4c(c3)OCCCO4)n[nH]c2c1. The largest absolute Gasteiger partial charge is 0.490 e. The smallest absolute Gasteiger partial charge is 0.411 e. The number of aromatic amines is 1. The number of hydrogen-bond donors (Lipinski definition) is 3. The maximum Gasteiger partial charge on any atom is 0.411 e. The summed E-state index contributed by atoms with van der Waals surface area (Å²) in [4.78, 5) is 24.3. The van der Waals surface area contributed by atoms with Crippen LogP contribution in [0, 0.1) is 0 Å². The zero-order valence-electron chi connectivity index (χ0n) is 17.4. The molecule has 4 rings (SSSR count). The van der Waals surface area contributed by atoms with Gasteiger partial charge >= 0.3 is 6.09 Å². The minimum atomic E-state index is -0.530. The van der Waals surface area contributed by atoms with Gasteiger partial charge in [0.2, 0.25) is 5.91 Å². The molecule has 0 aliphatic carbocycles. The van der Waals surface area contributed by atoms with Crippen molar-refractivity contribution in [2.75, 3.05) is 23.8 Å². The van der Waals surface area contributed by atoms with Gasteiger partial charge in [0.05, 0.1) is 31.3 Å². The molecule has 0 radical (unpaired) electrons. The number of anilines is 2. The van der Waals surface area contributed by atoms with E-state index < -0.39 is 6.09 Å². The van der Waals surface area contributed by atoms with Crippen molar-refractivity contribution < 1.29 is 23.8 Å². The Morgan fingerprint density at radius 1 is 1.10 bits per heavy atom. The molecule has 1 aliphatic rings. The number of hydrogen-bond acceptors (Lipinski definition) is 6. The third-order valence-corrected chi connectivity index (χ3v) is 4.59. The summed E-state index contributed by atoms with van der Waals surface area (Å²) in [5.74, 6) is 1.57. The lowest BCUT2D eigenvalue weighted by Crippen LogP contribution is -2.17. The van der Waals surface area contributed by atoms with Crippen LogP contribution in [0.2, 0.25) is 0 Å². The maximum atomic E-state index is 12.6. The summed E-state index contributed by atoms with van der Waals surface area (Å²) < 4.78 is 16.4. The lowest BCUT2D eigenvalue weighted by molar-refractivity contribution is -0.115. The first-order valence-corrected chi connectivity index (χ1v) is 10.1. The van der Waals surface area contributed by atoms with Crippen LogP contribution >= 0.6 is 0 Å². The molecule has 0 bridgehead atoms. The quantitative estimate of drug-likeness (QED) is 0.573. The van der Waals surface area contributed by atoms with Crippen LogP contribution in [0.15, 0.2) is 36.4 Å². The average molecular weight is 424 g/mol. The molecule has 0 saturated carbocycles. The normalized spacial score (nSPS) is 13.0. The fraction of sp³-hybridized carbons (Fsp3) is 0.318. The zero-order valence-corrected chi connectivity index (χ0v) is 17.4. The monoisotopic (exact) mass is 424 g/mol. The van der Waals surface area contributed by atoms with Crippen molar-refractivity contribution in [1.82, 2.24) is 10.2 Å². The highest BCUT2D eigenvalue weighted by Crippen LogP contribution is 2.31. The van der Waals surface area contributed by atoms with E-state index in [-0.39, 0.29) is 18.4 Å². The third kappa shape index (κ3) is 5.06. The summed E-state index contributed by atoms with van der Waals surface area (Å²) >= 11 is 0.